The standard InChI is InChI=1S/C10H19NO/c1-4-10(12)9-5-6-11(7-9)8(2)3/h8-9H,4-7H2,1-3H3. The van der Waals surface area contributed by atoms with Crippen LogP contribution in [0, 0.1) is 5.92 Å². The molecule has 0 aromatic carbocycles. The second-order valence-electron chi connectivity index (χ2n) is 3.89. The molecule has 0 aliphatic carbocycles. The fourth-order valence-electron chi connectivity index (χ4n) is 1.81. The Labute approximate surface area is 74.9 Å². The highest BCUT2D eigenvalue weighted by Crippen LogP contribution is 2.19. The van der Waals surface area contributed by atoms with E-state index in [9.17, 15) is 4.79 Å². The van der Waals surface area contributed by atoms with Gasteiger partial charge in [0.15, 0.2) is 0 Å². The number of rotatable bonds is 3. The van der Waals surface area contributed by atoms with Crippen LogP contribution in [0.3, 0.4) is 0 Å². The Bertz CT molecular complexity index is 165. The minimum Gasteiger partial charge on any atom is -0.300 e. The van der Waals surface area contributed by atoms with Crippen LogP contribution in [0.2, 0.25) is 0 Å². The van der Waals surface area contributed by atoms with Gasteiger partial charge in [-0.25, -0.2) is 0 Å². The molecule has 0 N–H and O–H groups in total. The number of carbonyl (C=O) groups is 1. The summed E-state index contributed by atoms with van der Waals surface area (Å²) in [6.45, 7) is 8.44. The van der Waals surface area contributed by atoms with Gasteiger partial charge in [0.05, 0.1) is 0 Å². The normalized spacial score (nSPS) is 25.2. The molecule has 0 aromatic heterocycles. The molecule has 1 unspecified atom stereocenters. The van der Waals surface area contributed by atoms with E-state index in [1.807, 2.05) is 6.92 Å². The number of hydrogen-bond donors (Lipinski definition) is 0. The van der Waals surface area contributed by atoms with E-state index in [-0.39, 0.29) is 0 Å². The van der Waals surface area contributed by atoms with E-state index in [0.717, 1.165) is 19.5 Å². The van der Waals surface area contributed by atoms with Crippen molar-refractivity contribution in [2.45, 2.75) is 39.7 Å². The van der Waals surface area contributed by atoms with Crippen molar-refractivity contribution in [1.29, 1.82) is 0 Å². The lowest BCUT2D eigenvalue weighted by atomic mass is 10.0. The Morgan fingerprint density at radius 2 is 2.25 bits per heavy atom. The third-order valence-corrected chi connectivity index (χ3v) is 2.75. The molecule has 0 spiro atoms. The molecular formula is C10H19NO. The minimum absolute atomic E-state index is 0.331. The zero-order valence-electron chi connectivity index (χ0n) is 8.34. The number of Topliss-reactive ketones (excluding diaryl/α,β-unsaturated/α-hetero) is 1. The molecule has 0 amide bonds. The summed E-state index contributed by atoms with van der Waals surface area (Å²) in [5, 5.41) is 0. The molecule has 1 atom stereocenters. The van der Waals surface area contributed by atoms with Crippen molar-refractivity contribution < 1.29 is 4.79 Å². The third-order valence-electron chi connectivity index (χ3n) is 2.75. The van der Waals surface area contributed by atoms with Crippen LogP contribution in [0.4, 0.5) is 0 Å². The lowest BCUT2D eigenvalue weighted by molar-refractivity contribution is -0.122. The summed E-state index contributed by atoms with van der Waals surface area (Å²) in [5.74, 6) is 0.774. The molecule has 0 aromatic rings. The fraction of sp³-hybridized carbons (Fsp3) is 0.900. The fourth-order valence-corrected chi connectivity index (χ4v) is 1.81. The van der Waals surface area contributed by atoms with Gasteiger partial charge in [-0.2, -0.15) is 0 Å². The van der Waals surface area contributed by atoms with E-state index < -0.39 is 0 Å². The highest BCUT2D eigenvalue weighted by molar-refractivity contribution is 5.81. The molecule has 1 fully saturated rings. The first-order valence-electron chi connectivity index (χ1n) is 4.92. The molecule has 2 nitrogen and oxygen atoms in total. The monoisotopic (exact) mass is 169 g/mol. The van der Waals surface area contributed by atoms with Gasteiger partial charge in [-0.1, -0.05) is 6.92 Å². The summed E-state index contributed by atoms with van der Waals surface area (Å²) < 4.78 is 0. The minimum atomic E-state index is 0.331. The van der Waals surface area contributed by atoms with E-state index >= 15 is 0 Å². The summed E-state index contributed by atoms with van der Waals surface area (Å²) in [5.41, 5.74) is 0. The maximum atomic E-state index is 11.4. The van der Waals surface area contributed by atoms with Gasteiger partial charge in [-0.15, -0.1) is 0 Å². The Kier molecular flexibility index (Phi) is 3.27. The van der Waals surface area contributed by atoms with Crippen LogP contribution in [0.5, 0.6) is 0 Å². The number of carbonyl (C=O) groups excluding carboxylic acids is 1. The second-order valence-corrected chi connectivity index (χ2v) is 3.89. The summed E-state index contributed by atoms with van der Waals surface area (Å²) in [7, 11) is 0. The molecule has 1 heterocycles. The lowest BCUT2D eigenvalue weighted by Crippen LogP contribution is -2.29. The number of hydrogen-bond acceptors (Lipinski definition) is 2. The molecule has 1 aliphatic rings. The first-order chi connectivity index (χ1) is 5.65. The molecule has 0 bridgehead atoms. The Morgan fingerprint density at radius 1 is 1.58 bits per heavy atom. The SMILES string of the molecule is CCC(=O)C1CCN(C(C)C)C1. The van der Waals surface area contributed by atoms with Crippen LogP contribution >= 0.6 is 0 Å². The smallest absolute Gasteiger partial charge is 0.137 e. The van der Waals surface area contributed by atoms with Gasteiger partial charge in [0.1, 0.15) is 5.78 Å². The first kappa shape index (κ1) is 9.72. The Hall–Kier alpha value is -0.370. The Morgan fingerprint density at radius 3 is 2.67 bits per heavy atom. The number of nitrogens with zero attached hydrogens (tertiary/aromatic N) is 1. The van der Waals surface area contributed by atoms with Gasteiger partial charge >= 0.3 is 0 Å². The molecule has 1 saturated heterocycles. The predicted molar refractivity (Wildman–Crippen MR) is 50.1 cm³/mol. The van der Waals surface area contributed by atoms with Crippen molar-refractivity contribution in [3.8, 4) is 0 Å². The second kappa shape index (κ2) is 4.04. The van der Waals surface area contributed by atoms with Crippen molar-refractivity contribution in [2.24, 2.45) is 5.92 Å². The van der Waals surface area contributed by atoms with Gasteiger partial charge < -0.3 is 4.90 Å². The quantitative estimate of drug-likeness (QED) is 0.641. The van der Waals surface area contributed by atoms with Crippen LogP contribution in [-0.4, -0.2) is 29.8 Å². The van der Waals surface area contributed by atoms with Gasteiger partial charge in [-0.3, -0.25) is 4.79 Å². The average molecular weight is 169 g/mol. The van der Waals surface area contributed by atoms with E-state index in [2.05, 4.69) is 18.7 Å². The van der Waals surface area contributed by atoms with Crippen molar-refractivity contribution in [3.05, 3.63) is 0 Å². The maximum absolute atomic E-state index is 11.4. The summed E-state index contributed by atoms with van der Waals surface area (Å²) in [6.07, 6.45) is 1.78. The van der Waals surface area contributed by atoms with Crippen LogP contribution in [-0.2, 0) is 4.79 Å². The largest absolute Gasteiger partial charge is 0.300 e. The van der Waals surface area contributed by atoms with Crippen LogP contribution in [0.25, 0.3) is 0 Å². The van der Waals surface area contributed by atoms with Crippen LogP contribution < -0.4 is 0 Å². The van der Waals surface area contributed by atoms with E-state index in [0.29, 0.717) is 24.2 Å². The van der Waals surface area contributed by atoms with Crippen molar-refractivity contribution >= 4 is 5.78 Å². The van der Waals surface area contributed by atoms with E-state index in [1.165, 1.54) is 0 Å². The van der Waals surface area contributed by atoms with Gasteiger partial charge in [0, 0.05) is 24.9 Å². The average Bonchev–Trinajstić information content (AvgIpc) is 2.51. The maximum Gasteiger partial charge on any atom is 0.137 e. The zero-order chi connectivity index (χ0) is 9.14. The van der Waals surface area contributed by atoms with Crippen LogP contribution in [0.1, 0.15) is 33.6 Å². The van der Waals surface area contributed by atoms with Gasteiger partial charge in [0.25, 0.3) is 0 Å². The van der Waals surface area contributed by atoms with Crippen molar-refractivity contribution in [3.63, 3.8) is 0 Å². The predicted octanol–water partition coefficient (Wildman–Crippen LogP) is 1.70. The molecule has 2 heteroatoms. The Balaban J connectivity index is 2.40. The summed E-state index contributed by atoms with van der Waals surface area (Å²) >= 11 is 0. The zero-order valence-corrected chi connectivity index (χ0v) is 8.34. The number of ketones is 1. The highest BCUT2D eigenvalue weighted by atomic mass is 16.1. The highest BCUT2D eigenvalue weighted by Gasteiger charge is 2.27. The topological polar surface area (TPSA) is 20.3 Å². The molecular weight excluding hydrogens is 150 g/mol. The molecule has 1 aliphatic heterocycles. The first-order valence-corrected chi connectivity index (χ1v) is 4.92. The molecule has 70 valence electrons. The summed E-state index contributed by atoms with van der Waals surface area (Å²) in [6, 6.07) is 0.597. The molecule has 0 radical (unpaired) electrons. The van der Waals surface area contributed by atoms with Gasteiger partial charge in [0.2, 0.25) is 0 Å². The van der Waals surface area contributed by atoms with E-state index in [4.69, 9.17) is 0 Å². The van der Waals surface area contributed by atoms with Crippen molar-refractivity contribution in [1.82, 2.24) is 4.90 Å². The van der Waals surface area contributed by atoms with Gasteiger partial charge in [-0.05, 0) is 26.8 Å². The third kappa shape index (κ3) is 2.07. The molecule has 1 rings (SSSR count). The lowest BCUT2D eigenvalue weighted by Gasteiger charge is -2.19. The summed E-state index contributed by atoms with van der Waals surface area (Å²) in [4.78, 5) is 13.7. The van der Waals surface area contributed by atoms with Crippen LogP contribution in [0.15, 0.2) is 0 Å². The van der Waals surface area contributed by atoms with E-state index in [1.54, 1.807) is 0 Å². The number of likely N-dealkylation sites (tertiary alicyclic amines) is 1. The molecule has 12 heavy (non-hydrogen) atoms. The van der Waals surface area contributed by atoms with Crippen molar-refractivity contribution in [2.75, 3.05) is 13.1 Å². The molecule has 0 saturated carbocycles.